The molecule has 0 radical (unpaired) electrons. The highest BCUT2D eigenvalue weighted by molar-refractivity contribution is 6.32. The lowest BCUT2D eigenvalue weighted by molar-refractivity contribution is -0.122. The molecule has 25 heavy (non-hydrogen) atoms. The van der Waals surface area contributed by atoms with Crippen LogP contribution in [-0.4, -0.2) is 17.3 Å². The summed E-state index contributed by atoms with van der Waals surface area (Å²) in [4.78, 5) is 37.0. The van der Waals surface area contributed by atoms with Crippen molar-refractivity contribution in [3.05, 3.63) is 83.8 Å². The smallest absolute Gasteiger partial charge is 0.235 e. The Morgan fingerprint density at radius 1 is 0.800 bits per heavy atom. The third kappa shape index (κ3) is 3.55. The maximum absolute atomic E-state index is 12.6. The molecule has 2 aromatic carbocycles. The van der Waals surface area contributed by atoms with Crippen molar-refractivity contribution in [2.24, 2.45) is 0 Å². The fourth-order valence-corrected chi connectivity index (χ4v) is 2.32. The van der Waals surface area contributed by atoms with Crippen molar-refractivity contribution < 1.29 is 23.9 Å². The predicted molar refractivity (Wildman–Crippen MR) is 89.9 cm³/mol. The molecule has 124 valence electrons. The second-order valence-electron chi connectivity index (χ2n) is 5.29. The van der Waals surface area contributed by atoms with Gasteiger partial charge in [-0.25, -0.2) is 0 Å². The zero-order valence-electron chi connectivity index (χ0n) is 13.4. The molecular formula is C20H14O5. The van der Waals surface area contributed by atoms with E-state index in [1.807, 2.05) is 0 Å². The third-order valence-corrected chi connectivity index (χ3v) is 3.45. The van der Waals surface area contributed by atoms with Gasteiger partial charge in [0, 0.05) is 6.08 Å². The second-order valence-corrected chi connectivity index (χ2v) is 5.29. The van der Waals surface area contributed by atoms with Crippen molar-refractivity contribution in [3.63, 3.8) is 0 Å². The van der Waals surface area contributed by atoms with Crippen molar-refractivity contribution in [2.75, 3.05) is 0 Å². The van der Waals surface area contributed by atoms with Gasteiger partial charge in [0.15, 0.2) is 17.3 Å². The summed E-state index contributed by atoms with van der Waals surface area (Å²) >= 11 is 0. The van der Waals surface area contributed by atoms with Crippen LogP contribution < -0.4 is 9.47 Å². The van der Waals surface area contributed by atoms with E-state index >= 15 is 0 Å². The molecule has 0 unspecified atom stereocenters. The van der Waals surface area contributed by atoms with Crippen LogP contribution in [0.3, 0.4) is 0 Å². The maximum atomic E-state index is 12.6. The van der Waals surface area contributed by atoms with Gasteiger partial charge in [0.05, 0.1) is 0 Å². The standard InChI is InChI=1S/C20H14O5/c1-13(21)18-19(23)17(24-14-8-4-2-5-9-14)12-16(22)20(18)25-15-10-6-3-7-11-15/h2-12H,1H3. The van der Waals surface area contributed by atoms with Gasteiger partial charge >= 0.3 is 0 Å². The van der Waals surface area contributed by atoms with E-state index in [2.05, 4.69) is 0 Å². The van der Waals surface area contributed by atoms with Crippen molar-refractivity contribution in [1.29, 1.82) is 0 Å². The number of hydrogen-bond donors (Lipinski definition) is 0. The van der Waals surface area contributed by atoms with Crippen LogP contribution in [0.5, 0.6) is 11.5 Å². The maximum Gasteiger partial charge on any atom is 0.235 e. The van der Waals surface area contributed by atoms with E-state index in [1.54, 1.807) is 60.7 Å². The molecular weight excluding hydrogens is 320 g/mol. The van der Waals surface area contributed by atoms with Gasteiger partial charge in [-0.15, -0.1) is 0 Å². The molecule has 0 aromatic heterocycles. The van der Waals surface area contributed by atoms with Gasteiger partial charge in [-0.1, -0.05) is 36.4 Å². The van der Waals surface area contributed by atoms with Gasteiger partial charge in [0.25, 0.3) is 0 Å². The van der Waals surface area contributed by atoms with Gasteiger partial charge in [-0.05, 0) is 31.2 Å². The molecule has 0 fully saturated rings. The molecule has 0 heterocycles. The number of carbonyl (C=O) groups excluding carboxylic acids is 3. The molecule has 0 amide bonds. The molecule has 0 saturated heterocycles. The number of carbonyl (C=O) groups is 3. The highest BCUT2D eigenvalue weighted by atomic mass is 16.5. The molecule has 0 atom stereocenters. The lowest BCUT2D eigenvalue weighted by atomic mass is 9.97. The van der Waals surface area contributed by atoms with Gasteiger partial charge in [0.2, 0.25) is 11.6 Å². The minimum absolute atomic E-state index is 0.207. The Labute approximate surface area is 144 Å². The summed E-state index contributed by atoms with van der Waals surface area (Å²) in [5.74, 6) is -1.58. The minimum atomic E-state index is -0.679. The van der Waals surface area contributed by atoms with Crippen LogP contribution in [0.1, 0.15) is 6.92 Å². The van der Waals surface area contributed by atoms with Crippen molar-refractivity contribution in [2.45, 2.75) is 6.92 Å². The van der Waals surface area contributed by atoms with E-state index in [1.165, 1.54) is 6.92 Å². The van der Waals surface area contributed by atoms with Gasteiger partial charge in [0.1, 0.15) is 17.1 Å². The van der Waals surface area contributed by atoms with Crippen LogP contribution >= 0.6 is 0 Å². The average Bonchev–Trinajstić information content (AvgIpc) is 2.61. The largest absolute Gasteiger partial charge is 0.453 e. The normalized spacial score (nSPS) is 14.2. The lowest BCUT2D eigenvalue weighted by Crippen LogP contribution is -2.28. The zero-order valence-corrected chi connectivity index (χ0v) is 13.4. The Bertz CT molecular complexity index is 892. The first kappa shape index (κ1) is 16.4. The highest BCUT2D eigenvalue weighted by Crippen LogP contribution is 2.25. The van der Waals surface area contributed by atoms with Crippen LogP contribution in [0.25, 0.3) is 0 Å². The summed E-state index contributed by atoms with van der Waals surface area (Å²) in [6.07, 6.45) is 1.04. The number of para-hydroxylation sites is 2. The molecule has 0 N–H and O–H groups in total. The Morgan fingerprint density at radius 3 is 1.84 bits per heavy atom. The fourth-order valence-electron chi connectivity index (χ4n) is 2.32. The Morgan fingerprint density at radius 2 is 1.32 bits per heavy atom. The quantitative estimate of drug-likeness (QED) is 0.621. The number of rotatable bonds is 5. The Balaban J connectivity index is 1.94. The number of hydrogen-bond acceptors (Lipinski definition) is 5. The van der Waals surface area contributed by atoms with Crippen LogP contribution in [-0.2, 0) is 14.4 Å². The molecule has 3 rings (SSSR count). The number of ether oxygens (including phenoxy) is 2. The average molecular weight is 334 g/mol. The van der Waals surface area contributed by atoms with Crippen molar-refractivity contribution in [1.82, 2.24) is 0 Å². The van der Waals surface area contributed by atoms with Crippen LogP contribution in [0.15, 0.2) is 83.8 Å². The van der Waals surface area contributed by atoms with E-state index in [4.69, 9.17) is 9.47 Å². The number of benzene rings is 2. The van der Waals surface area contributed by atoms with Crippen molar-refractivity contribution >= 4 is 17.3 Å². The summed E-state index contributed by atoms with van der Waals surface area (Å²) < 4.78 is 11.0. The summed E-state index contributed by atoms with van der Waals surface area (Å²) in [7, 11) is 0. The van der Waals surface area contributed by atoms with Gasteiger partial charge in [-0.3, -0.25) is 14.4 Å². The van der Waals surface area contributed by atoms with Crippen LogP contribution in [0.2, 0.25) is 0 Å². The summed E-state index contributed by atoms with van der Waals surface area (Å²) in [6.45, 7) is 1.21. The number of ketones is 3. The topological polar surface area (TPSA) is 69.7 Å². The molecule has 2 aromatic rings. The third-order valence-electron chi connectivity index (χ3n) is 3.45. The molecule has 0 spiro atoms. The van der Waals surface area contributed by atoms with Crippen LogP contribution in [0, 0.1) is 0 Å². The highest BCUT2D eigenvalue weighted by Gasteiger charge is 2.34. The SMILES string of the molecule is CC(=O)C1=C(Oc2ccccc2)C(=O)C=C(Oc2ccccc2)C1=O. The molecule has 0 bridgehead atoms. The van der Waals surface area contributed by atoms with Crippen molar-refractivity contribution in [3.8, 4) is 11.5 Å². The van der Waals surface area contributed by atoms with E-state index in [9.17, 15) is 14.4 Å². The Hall–Kier alpha value is -3.47. The predicted octanol–water partition coefficient (Wildman–Crippen LogP) is 3.02. The van der Waals surface area contributed by atoms with E-state index in [0.717, 1.165) is 6.08 Å². The first-order valence-corrected chi connectivity index (χ1v) is 7.58. The summed E-state index contributed by atoms with van der Waals surface area (Å²) in [5.41, 5.74) is -0.317. The number of allylic oxidation sites excluding steroid dienone is 2. The second kappa shape index (κ2) is 6.97. The number of Topliss-reactive ketones (excluding diaryl/α,β-unsaturated/α-hetero) is 2. The molecule has 0 aliphatic heterocycles. The molecule has 0 saturated carbocycles. The first-order chi connectivity index (χ1) is 12.1. The van der Waals surface area contributed by atoms with E-state index in [0.29, 0.717) is 11.5 Å². The molecule has 1 aliphatic rings. The van der Waals surface area contributed by atoms with Gasteiger partial charge in [-0.2, -0.15) is 0 Å². The van der Waals surface area contributed by atoms with Gasteiger partial charge < -0.3 is 9.47 Å². The molecule has 5 nitrogen and oxygen atoms in total. The lowest BCUT2D eigenvalue weighted by Gasteiger charge is -2.18. The molecule has 1 aliphatic carbocycles. The molecule has 5 heteroatoms. The first-order valence-electron chi connectivity index (χ1n) is 7.58. The zero-order chi connectivity index (χ0) is 17.8. The van der Waals surface area contributed by atoms with E-state index < -0.39 is 17.3 Å². The minimum Gasteiger partial charge on any atom is -0.453 e. The fraction of sp³-hybridized carbons (Fsp3) is 0.0500. The van der Waals surface area contributed by atoms with Crippen LogP contribution in [0.4, 0.5) is 0 Å². The summed E-state index contributed by atoms with van der Waals surface area (Å²) in [6, 6.07) is 17.0. The summed E-state index contributed by atoms with van der Waals surface area (Å²) in [5, 5.41) is 0. The Kier molecular flexibility index (Phi) is 4.57. The van der Waals surface area contributed by atoms with E-state index in [-0.39, 0.29) is 17.1 Å². The monoisotopic (exact) mass is 334 g/mol.